The largest absolute Gasteiger partial charge is 0.366 e. The fraction of sp³-hybridized carbons (Fsp3) is 0.0317. The van der Waals surface area contributed by atoms with Crippen LogP contribution >= 0.6 is 0 Å². The third-order valence-corrected chi connectivity index (χ3v) is 12.5. The van der Waals surface area contributed by atoms with Gasteiger partial charge in [0.2, 0.25) is 0 Å². The molecule has 1 aliphatic heterocycles. The van der Waals surface area contributed by atoms with Crippen LogP contribution in [0.15, 0.2) is 261 Å². The summed E-state index contributed by atoms with van der Waals surface area (Å²) < 4.78 is 0. The van der Waals surface area contributed by atoms with Gasteiger partial charge in [0, 0.05) is 33.5 Å². The van der Waals surface area contributed by atoms with E-state index in [2.05, 4.69) is 271 Å². The summed E-state index contributed by atoms with van der Waals surface area (Å²) in [7, 11) is 0. The first-order chi connectivity index (χ1) is 32.7. The lowest BCUT2D eigenvalue weighted by molar-refractivity contribution is 0.443. The zero-order chi connectivity index (χ0) is 44.1. The van der Waals surface area contributed by atoms with Crippen molar-refractivity contribution in [2.24, 2.45) is 0 Å². The number of aromatic nitrogens is 1. The normalized spacial score (nSPS) is 14.5. The molecular weight excluding hydrogens is 799 g/mol. The average molecular weight is 846 g/mol. The van der Waals surface area contributed by atoms with Crippen LogP contribution in [0.5, 0.6) is 0 Å². The highest BCUT2D eigenvalue weighted by molar-refractivity contribution is 6.05. The van der Waals surface area contributed by atoms with Gasteiger partial charge < -0.3 is 5.32 Å². The summed E-state index contributed by atoms with van der Waals surface area (Å²) in [5.41, 5.74) is 20.0. The van der Waals surface area contributed by atoms with Crippen molar-refractivity contribution in [3.63, 3.8) is 0 Å². The molecule has 0 amide bonds. The number of nitrogens with zero attached hydrogens (tertiary/aromatic N) is 1. The van der Waals surface area contributed by atoms with Crippen molar-refractivity contribution in [3.05, 3.63) is 278 Å². The van der Waals surface area contributed by atoms with Crippen molar-refractivity contribution >= 4 is 5.70 Å². The lowest BCUT2D eigenvalue weighted by Gasteiger charge is -2.33. The maximum absolute atomic E-state index is 5.64. The Hall–Kier alpha value is -8.37. The molecule has 0 spiro atoms. The highest BCUT2D eigenvalue weighted by Crippen LogP contribution is 2.49. The molecule has 2 N–H and O–H groups in total. The SMILES string of the molecule is C1=C(c2ccccc2)NC(c2ccc(-c3c(-c4ccccc4)c(-c4ccccc4)nc(-c4ccccc4)c3-c3ccccc3)cc2)NC1c1cc(-c2ccccc2)cc(-c2ccccc2)c1. The number of rotatable bonds is 10. The second-order valence-electron chi connectivity index (χ2n) is 16.8. The van der Waals surface area contributed by atoms with Crippen LogP contribution in [0, 0.1) is 0 Å². The second kappa shape index (κ2) is 18.4. The average Bonchev–Trinajstić information content (AvgIpc) is 3.42. The van der Waals surface area contributed by atoms with Crippen molar-refractivity contribution in [3.8, 4) is 78.1 Å². The molecule has 0 bridgehead atoms. The lowest BCUT2D eigenvalue weighted by atomic mass is 9.83. The molecule has 3 heteroatoms. The Labute approximate surface area is 387 Å². The maximum atomic E-state index is 5.64. The van der Waals surface area contributed by atoms with Crippen LogP contribution in [0.1, 0.15) is 28.9 Å². The first-order valence-corrected chi connectivity index (χ1v) is 22.7. The fourth-order valence-corrected chi connectivity index (χ4v) is 9.33. The molecule has 0 saturated carbocycles. The van der Waals surface area contributed by atoms with Crippen molar-refractivity contribution in [2.45, 2.75) is 12.2 Å². The Kier molecular flexibility index (Phi) is 11.3. The van der Waals surface area contributed by atoms with E-state index in [0.29, 0.717) is 0 Å². The van der Waals surface area contributed by atoms with E-state index in [0.717, 1.165) is 72.7 Å². The number of hydrogen-bond donors (Lipinski definition) is 2. The van der Waals surface area contributed by atoms with E-state index in [4.69, 9.17) is 4.98 Å². The summed E-state index contributed by atoms with van der Waals surface area (Å²) in [6.45, 7) is 0. The van der Waals surface area contributed by atoms with Gasteiger partial charge in [-0.2, -0.15) is 0 Å². The lowest BCUT2D eigenvalue weighted by Crippen LogP contribution is -2.39. The van der Waals surface area contributed by atoms with Crippen LogP contribution in [0.4, 0.5) is 0 Å². The Morgan fingerprint density at radius 2 is 0.652 bits per heavy atom. The van der Waals surface area contributed by atoms with Gasteiger partial charge in [0.15, 0.2) is 0 Å². The molecule has 0 aliphatic carbocycles. The van der Waals surface area contributed by atoms with E-state index in [1.165, 1.54) is 27.8 Å². The maximum Gasteiger partial charge on any atom is 0.104 e. The predicted octanol–water partition coefficient (Wildman–Crippen LogP) is 15.7. The van der Waals surface area contributed by atoms with Crippen molar-refractivity contribution < 1.29 is 0 Å². The van der Waals surface area contributed by atoms with Crippen molar-refractivity contribution in [1.82, 2.24) is 15.6 Å². The molecule has 2 atom stereocenters. The molecule has 0 radical (unpaired) electrons. The van der Waals surface area contributed by atoms with Crippen LogP contribution in [0.25, 0.3) is 83.8 Å². The van der Waals surface area contributed by atoms with E-state index in [1.807, 2.05) is 0 Å². The molecule has 2 heterocycles. The van der Waals surface area contributed by atoms with Crippen LogP contribution in [0.2, 0.25) is 0 Å². The zero-order valence-electron chi connectivity index (χ0n) is 36.4. The van der Waals surface area contributed by atoms with E-state index in [1.54, 1.807) is 0 Å². The van der Waals surface area contributed by atoms with Crippen LogP contribution < -0.4 is 10.6 Å². The van der Waals surface area contributed by atoms with Gasteiger partial charge in [-0.3, -0.25) is 5.32 Å². The molecule has 3 nitrogen and oxygen atoms in total. The van der Waals surface area contributed by atoms with Gasteiger partial charge in [0.1, 0.15) is 6.17 Å². The molecule has 0 saturated heterocycles. The molecule has 10 aromatic rings. The van der Waals surface area contributed by atoms with Crippen LogP contribution in [0.3, 0.4) is 0 Å². The molecule has 2 unspecified atom stereocenters. The highest BCUT2D eigenvalue weighted by Gasteiger charge is 2.28. The van der Waals surface area contributed by atoms with Gasteiger partial charge in [-0.25, -0.2) is 4.98 Å². The van der Waals surface area contributed by atoms with E-state index in [-0.39, 0.29) is 12.2 Å². The minimum absolute atomic E-state index is 0.0892. The molecule has 314 valence electrons. The quantitative estimate of drug-likeness (QED) is 0.144. The molecular formula is C63H47N3. The fourth-order valence-electron chi connectivity index (χ4n) is 9.33. The molecule has 9 aromatic carbocycles. The molecule has 0 fully saturated rings. The minimum Gasteiger partial charge on any atom is -0.366 e. The number of pyridine rings is 1. The Bertz CT molecular complexity index is 3090. The Morgan fingerprint density at radius 3 is 1.08 bits per heavy atom. The van der Waals surface area contributed by atoms with Gasteiger partial charge in [-0.1, -0.05) is 237 Å². The molecule has 1 aliphatic rings. The Morgan fingerprint density at radius 1 is 0.288 bits per heavy atom. The zero-order valence-corrected chi connectivity index (χ0v) is 36.4. The number of hydrogen-bond acceptors (Lipinski definition) is 3. The first kappa shape index (κ1) is 40.4. The van der Waals surface area contributed by atoms with E-state index < -0.39 is 0 Å². The third-order valence-electron chi connectivity index (χ3n) is 12.5. The molecule has 1 aromatic heterocycles. The molecule has 66 heavy (non-hydrogen) atoms. The van der Waals surface area contributed by atoms with Crippen molar-refractivity contribution in [1.29, 1.82) is 0 Å². The van der Waals surface area contributed by atoms with Crippen LogP contribution in [-0.2, 0) is 0 Å². The van der Waals surface area contributed by atoms with Gasteiger partial charge in [-0.05, 0) is 79.9 Å². The summed E-state index contributed by atoms with van der Waals surface area (Å²) in [6.07, 6.45) is 2.15. The summed E-state index contributed by atoms with van der Waals surface area (Å²) >= 11 is 0. The topological polar surface area (TPSA) is 37.0 Å². The van der Waals surface area contributed by atoms with Gasteiger partial charge in [-0.15, -0.1) is 0 Å². The number of benzene rings is 9. The summed E-state index contributed by atoms with van der Waals surface area (Å²) in [6, 6.07) is 90.9. The van der Waals surface area contributed by atoms with E-state index >= 15 is 0 Å². The first-order valence-electron chi connectivity index (χ1n) is 22.7. The monoisotopic (exact) mass is 845 g/mol. The van der Waals surface area contributed by atoms with Gasteiger partial charge >= 0.3 is 0 Å². The van der Waals surface area contributed by atoms with Crippen LogP contribution in [-0.4, -0.2) is 4.98 Å². The second-order valence-corrected chi connectivity index (χ2v) is 16.8. The Balaban J connectivity index is 1.08. The van der Waals surface area contributed by atoms with Gasteiger partial charge in [0.05, 0.1) is 17.4 Å². The number of nitrogens with one attached hydrogen (secondary N) is 2. The van der Waals surface area contributed by atoms with E-state index in [9.17, 15) is 0 Å². The van der Waals surface area contributed by atoms with Crippen molar-refractivity contribution in [2.75, 3.05) is 0 Å². The highest BCUT2D eigenvalue weighted by atomic mass is 15.2. The molecule has 11 rings (SSSR count). The summed E-state index contributed by atoms with van der Waals surface area (Å²) in [4.78, 5) is 5.64. The smallest absolute Gasteiger partial charge is 0.104 e. The standard InChI is InChI=1S/C63H47N3/c1-8-22-44(23-9-1)53-40-54(45-24-10-2-11-25-45)42-55(41-53)57-43-56(46-26-12-3-13-27-46)64-63(65-57)52-38-36-49(37-39-52)58-59(47-28-14-4-15-29-47)61(50-32-18-6-19-33-50)66-62(51-34-20-7-21-35-51)60(58)48-30-16-5-17-31-48/h1-43,57,63-65H. The summed E-state index contributed by atoms with van der Waals surface area (Å²) in [5.74, 6) is 0. The summed E-state index contributed by atoms with van der Waals surface area (Å²) in [5, 5.41) is 7.95. The van der Waals surface area contributed by atoms with Gasteiger partial charge in [0.25, 0.3) is 0 Å². The minimum atomic E-state index is -0.191. The predicted molar refractivity (Wildman–Crippen MR) is 275 cm³/mol. The third kappa shape index (κ3) is 8.28.